The number of hydrogen-bond acceptors (Lipinski definition) is 6. The molecule has 4 aromatic rings. The Kier molecular flexibility index (Phi) is 4.25. The highest BCUT2D eigenvalue weighted by Gasteiger charge is 2.13. The molecule has 3 heterocycles. The lowest BCUT2D eigenvalue weighted by atomic mass is 10.3. The average molecular weight is 363 g/mol. The fourth-order valence-corrected chi connectivity index (χ4v) is 2.61. The van der Waals surface area contributed by atoms with E-state index in [4.69, 9.17) is 4.74 Å². The molecule has 0 radical (unpaired) electrons. The first-order valence-electron chi connectivity index (χ1n) is 8.30. The summed E-state index contributed by atoms with van der Waals surface area (Å²) < 4.78 is 8.39. The van der Waals surface area contributed by atoms with E-state index in [1.165, 1.54) is 0 Å². The Bertz CT molecular complexity index is 1100. The van der Waals surface area contributed by atoms with Gasteiger partial charge in [0.15, 0.2) is 17.2 Å². The number of methoxy groups -OCH3 is 1. The van der Waals surface area contributed by atoms with Gasteiger partial charge in [0.1, 0.15) is 5.75 Å². The minimum atomic E-state index is -0.299. The Hall–Kier alpha value is -3.75. The second-order valence-electron chi connectivity index (χ2n) is 5.89. The maximum Gasteiger partial charge on any atom is 0.272 e. The molecule has 9 heteroatoms. The van der Waals surface area contributed by atoms with Crippen molar-refractivity contribution >= 4 is 11.6 Å². The predicted octanol–water partition coefficient (Wildman–Crippen LogP) is 1.56. The van der Waals surface area contributed by atoms with Crippen LogP contribution in [-0.4, -0.2) is 42.6 Å². The third-order valence-corrected chi connectivity index (χ3v) is 4.03. The lowest BCUT2D eigenvalue weighted by Gasteiger charge is -2.04. The molecule has 0 atom stereocenters. The number of nitrogens with one attached hydrogen (secondary N) is 1. The molecule has 0 fully saturated rings. The molecular weight excluding hydrogens is 346 g/mol. The largest absolute Gasteiger partial charge is 0.497 e. The minimum Gasteiger partial charge on any atom is -0.497 e. The highest BCUT2D eigenvalue weighted by atomic mass is 16.5. The van der Waals surface area contributed by atoms with E-state index >= 15 is 0 Å². The lowest BCUT2D eigenvalue weighted by molar-refractivity contribution is 0.0944. The zero-order valence-electron chi connectivity index (χ0n) is 14.8. The van der Waals surface area contributed by atoms with E-state index in [0.29, 0.717) is 17.2 Å². The number of fused-ring (bicyclic) bond motifs is 1. The van der Waals surface area contributed by atoms with Crippen LogP contribution in [0.15, 0.2) is 48.7 Å². The van der Waals surface area contributed by atoms with Gasteiger partial charge in [-0.25, -0.2) is 4.68 Å². The van der Waals surface area contributed by atoms with Crippen molar-refractivity contribution in [2.75, 3.05) is 7.11 Å². The molecule has 136 valence electrons. The number of carbonyl (C=O) groups is 1. The van der Waals surface area contributed by atoms with Crippen LogP contribution in [0.3, 0.4) is 0 Å². The summed E-state index contributed by atoms with van der Waals surface area (Å²) in [5, 5.41) is 19.6. The summed E-state index contributed by atoms with van der Waals surface area (Å²) >= 11 is 0. The van der Waals surface area contributed by atoms with Crippen LogP contribution in [-0.2, 0) is 6.54 Å². The fourth-order valence-electron chi connectivity index (χ4n) is 2.61. The number of aryl methyl sites for hydroxylation is 1. The summed E-state index contributed by atoms with van der Waals surface area (Å²) in [6.45, 7) is 2.08. The van der Waals surface area contributed by atoms with Gasteiger partial charge in [-0.1, -0.05) is 0 Å². The van der Waals surface area contributed by atoms with Gasteiger partial charge in [-0.2, -0.15) is 14.7 Å². The van der Waals surface area contributed by atoms with E-state index in [9.17, 15) is 4.79 Å². The molecule has 1 amide bonds. The molecule has 9 nitrogen and oxygen atoms in total. The molecule has 0 saturated heterocycles. The molecule has 0 aliphatic heterocycles. The minimum absolute atomic E-state index is 0.200. The number of aromatic nitrogens is 6. The monoisotopic (exact) mass is 363 g/mol. The highest BCUT2D eigenvalue weighted by Crippen LogP contribution is 2.14. The van der Waals surface area contributed by atoms with Crippen molar-refractivity contribution in [2.45, 2.75) is 13.5 Å². The number of carbonyl (C=O) groups excluding carboxylic acids is 1. The number of ether oxygens (including phenoxy) is 1. The SMILES string of the molecule is COc1ccc(-n2ccc(C(=O)NCc3nnc4ccc(C)nn34)n2)cc1. The third kappa shape index (κ3) is 3.34. The fraction of sp³-hybridized carbons (Fsp3) is 0.167. The second-order valence-corrected chi connectivity index (χ2v) is 5.89. The molecule has 0 aliphatic carbocycles. The van der Waals surface area contributed by atoms with E-state index in [0.717, 1.165) is 17.1 Å². The van der Waals surface area contributed by atoms with Gasteiger partial charge in [-0.15, -0.1) is 10.2 Å². The first-order chi connectivity index (χ1) is 13.1. The number of nitrogens with zero attached hydrogens (tertiary/aromatic N) is 6. The summed E-state index contributed by atoms with van der Waals surface area (Å²) in [5.74, 6) is 1.01. The summed E-state index contributed by atoms with van der Waals surface area (Å²) in [7, 11) is 1.61. The summed E-state index contributed by atoms with van der Waals surface area (Å²) in [4.78, 5) is 12.4. The van der Waals surface area contributed by atoms with Crippen LogP contribution >= 0.6 is 0 Å². The van der Waals surface area contributed by atoms with E-state index in [1.54, 1.807) is 28.6 Å². The Morgan fingerprint density at radius 1 is 1.07 bits per heavy atom. The molecular formula is C18H17N7O2. The lowest BCUT2D eigenvalue weighted by Crippen LogP contribution is -2.25. The summed E-state index contributed by atoms with van der Waals surface area (Å²) in [5.41, 5.74) is 2.61. The highest BCUT2D eigenvalue weighted by molar-refractivity contribution is 5.92. The predicted molar refractivity (Wildman–Crippen MR) is 96.8 cm³/mol. The van der Waals surface area contributed by atoms with Crippen LogP contribution in [0.1, 0.15) is 22.0 Å². The van der Waals surface area contributed by atoms with Gasteiger partial charge in [0.05, 0.1) is 25.0 Å². The van der Waals surface area contributed by atoms with Gasteiger partial charge in [0.25, 0.3) is 5.91 Å². The van der Waals surface area contributed by atoms with Gasteiger partial charge < -0.3 is 10.1 Å². The smallest absolute Gasteiger partial charge is 0.272 e. The molecule has 3 aromatic heterocycles. The zero-order valence-corrected chi connectivity index (χ0v) is 14.8. The van der Waals surface area contributed by atoms with Gasteiger partial charge in [0.2, 0.25) is 0 Å². The average Bonchev–Trinajstić information content (AvgIpc) is 3.33. The molecule has 0 unspecified atom stereocenters. The molecule has 0 saturated carbocycles. The van der Waals surface area contributed by atoms with Crippen molar-refractivity contribution in [3.05, 3.63) is 65.9 Å². The maximum atomic E-state index is 12.4. The van der Waals surface area contributed by atoms with Crippen molar-refractivity contribution in [2.24, 2.45) is 0 Å². The van der Waals surface area contributed by atoms with Gasteiger partial charge in [-0.3, -0.25) is 4.79 Å². The third-order valence-electron chi connectivity index (χ3n) is 4.03. The molecule has 0 bridgehead atoms. The quantitative estimate of drug-likeness (QED) is 0.578. The van der Waals surface area contributed by atoms with Crippen molar-refractivity contribution in [3.8, 4) is 11.4 Å². The normalized spacial score (nSPS) is 10.9. The van der Waals surface area contributed by atoms with Gasteiger partial charge in [0, 0.05) is 6.20 Å². The van der Waals surface area contributed by atoms with Crippen LogP contribution in [0.25, 0.3) is 11.3 Å². The number of rotatable bonds is 5. The number of benzene rings is 1. The molecule has 0 spiro atoms. The maximum absolute atomic E-state index is 12.4. The second kappa shape index (κ2) is 6.87. The Balaban J connectivity index is 1.46. The van der Waals surface area contributed by atoms with Crippen LogP contribution in [0.4, 0.5) is 0 Å². The van der Waals surface area contributed by atoms with Crippen molar-refractivity contribution < 1.29 is 9.53 Å². The Morgan fingerprint density at radius 2 is 1.89 bits per heavy atom. The zero-order chi connectivity index (χ0) is 18.8. The number of amides is 1. The standard InChI is InChI=1S/C18H17N7O2/c1-12-3-8-16-20-21-17(25(16)22-12)11-19-18(26)15-9-10-24(23-15)13-4-6-14(27-2)7-5-13/h3-10H,11H2,1-2H3,(H,19,26). The van der Waals surface area contributed by atoms with E-state index < -0.39 is 0 Å². The summed E-state index contributed by atoms with van der Waals surface area (Å²) in [6, 6.07) is 12.7. The topological polar surface area (TPSA) is 99.2 Å². The van der Waals surface area contributed by atoms with Crippen molar-refractivity contribution in [1.29, 1.82) is 0 Å². The summed E-state index contributed by atoms with van der Waals surface area (Å²) in [6.07, 6.45) is 1.73. The van der Waals surface area contributed by atoms with Crippen molar-refractivity contribution in [3.63, 3.8) is 0 Å². The van der Waals surface area contributed by atoms with Gasteiger partial charge in [-0.05, 0) is 49.4 Å². The van der Waals surface area contributed by atoms with Crippen molar-refractivity contribution in [1.82, 2.24) is 34.9 Å². The molecule has 1 N–H and O–H groups in total. The Morgan fingerprint density at radius 3 is 2.67 bits per heavy atom. The van der Waals surface area contributed by atoms with Crippen LogP contribution in [0.5, 0.6) is 5.75 Å². The molecule has 27 heavy (non-hydrogen) atoms. The van der Waals surface area contributed by atoms with E-state index in [-0.39, 0.29) is 12.5 Å². The van der Waals surface area contributed by atoms with Crippen LogP contribution in [0.2, 0.25) is 0 Å². The first kappa shape index (κ1) is 16.7. The molecule has 1 aromatic carbocycles. The van der Waals surface area contributed by atoms with Gasteiger partial charge >= 0.3 is 0 Å². The van der Waals surface area contributed by atoms with E-state index in [1.807, 2.05) is 43.3 Å². The number of hydrogen-bond donors (Lipinski definition) is 1. The first-order valence-corrected chi connectivity index (χ1v) is 8.30. The molecule has 0 aliphatic rings. The van der Waals surface area contributed by atoms with Crippen LogP contribution in [0, 0.1) is 6.92 Å². The molecule has 4 rings (SSSR count). The van der Waals surface area contributed by atoms with Crippen LogP contribution < -0.4 is 10.1 Å². The van der Waals surface area contributed by atoms with E-state index in [2.05, 4.69) is 25.7 Å². The Labute approximate surface area is 154 Å².